The summed E-state index contributed by atoms with van der Waals surface area (Å²) in [6.45, 7) is 6.04. The van der Waals surface area contributed by atoms with Crippen LogP contribution < -0.4 is 16.0 Å². The van der Waals surface area contributed by atoms with E-state index in [0.29, 0.717) is 44.6 Å². The van der Waals surface area contributed by atoms with Crippen molar-refractivity contribution in [2.75, 3.05) is 25.1 Å². The van der Waals surface area contributed by atoms with Gasteiger partial charge >= 0.3 is 12.2 Å². The highest BCUT2D eigenvalue weighted by Gasteiger charge is 2.39. The number of fused-ring (bicyclic) bond motifs is 1. The molecular formula is C27H34F4N6O2. The first-order chi connectivity index (χ1) is 18.5. The van der Waals surface area contributed by atoms with E-state index in [1.807, 2.05) is 13.8 Å². The number of carbonyl (C=O) groups excluding carboxylic acids is 1. The number of ether oxygens (including phenoxy) is 1. The normalized spacial score (nSPS) is 22.3. The smallest absolute Gasteiger partial charge is 0.381 e. The van der Waals surface area contributed by atoms with Crippen LogP contribution >= 0.6 is 0 Å². The van der Waals surface area contributed by atoms with Gasteiger partial charge in [-0.1, -0.05) is 6.07 Å². The molecule has 8 nitrogen and oxygen atoms in total. The van der Waals surface area contributed by atoms with E-state index in [-0.39, 0.29) is 29.7 Å². The van der Waals surface area contributed by atoms with Crippen LogP contribution in [0.3, 0.4) is 0 Å². The molecule has 5 rings (SSSR count). The molecule has 4 heterocycles. The van der Waals surface area contributed by atoms with Gasteiger partial charge in [-0.25, -0.2) is 19.2 Å². The molecule has 1 aromatic heterocycles. The summed E-state index contributed by atoms with van der Waals surface area (Å²) in [7, 11) is 0. The lowest BCUT2D eigenvalue weighted by molar-refractivity contribution is -0.137. The van der Waals surface area contributed by atoms with Crippen molar-refractivity contribution in [1.29, 1.82) is 0 Å². The molecule has 212 valence electrons. The number of amides is 2. The van der Waals surface area contributed by atoms with Crippen LogP contribution in [0.15, 0.2) is 24.4 Å². The summed E-state index contributed by atoms with van der Waals surface area (Å²) < 4.78 is 60.0. The predicted molar refractivity (Wildman–Crippen MR) is 137 cm³/mol. The van der Waals surface area contributed by atoms with Gasteiger partial charge in [0.2, 0.25) is 5.95 Å². The first-order valence-electron chi connectivity index (χ1n) is 13.4. The Kier molecular flexibility index (Phi) is 7.69. The number of hydrogen-bond donors (Lipinski definition) is 3. The Morgan fingerprint density at radius 1 is 1.23 bits per heavy atom. The molecule has 1 unspecified atom stereocenters. The fraction of sp³-hybridized carbons (Fsp3) is 0.593. The highest BCUT2D eigenvalue weighted by atomic mass is 19.4. The van der Waals surface area contributed by atoms with Crippen LogP contribution in [0.25, 0.3) is 0 Å². The second-order valence-corrected chi connectivity index (χ2v) is 11.2. The van der Waals surface area contributed by atoms with E-state index in [9.17, 15) is 18.0 Å². The van der Waals surface area contributed by atoms with Gasteiger partial charge in [0.1, 0.15) is 5.82 Å². The van der Waals surface area contributed by atoms with E-state index < -0.39 is 29.6 Å². The summed E-state index contributed by atoms with van der Waals surface area (Å²) in [6, 6.07) is 1.09. The second-order valence-electron chi connectivity index (χ2n) is 11.2. The third-order valence-corrected chi connectivity index (χ3v) is 7.79. The largest absolute Gasteiger partial charge is 0.416 e. The van der Waals surface area contributed by atoms with Crippen molar-refractivity contribution in [2.24, 2.45) is 0 Å². The van der Waals surface area contributed by atoms with Crippen molar-refractivity contribution in [1.82, 2.24) is 25.5 Å². The first kappa shape index (κ1) is 27.6. The monoisotopic (exact) mass is 550 g/mol. The standard InChI is InChI=1S/C27H34F4N6O2/c1-26(2)9-5-21(36-26)23(19-4-3-17(13-20(19)28)27(29,30)31)35-25(38)37-10-6-16-14-32-24(34-22(16)15-37)33-18-7-11-39-12-8-18/h3-4,13-14,18,21,23,36H,5-12,15H2,1-2H3,(H,35,38)(H,32,33,34)/t21?,23-/m0/s1. The fourth-order valence-electron chi connectivity index (χ4n) is 5.56. The molecule has 2 aromatic rings. The molecule has 2 fully saturated rings. The minimum absolute atomic E-state index is 0.0224. The van der Waals surface area contributed by atoms with Crippen LogP contribution in [-0.4, -0.2) is 58.3 Å². The molecule has 2 atom stereocenters. The van der Waals surface area contributed by atoms with Gasteiger partial charge in [0.15, 0.2) is 0 Å². The number of urea groups is 1. The van der Waals surface area contributed by atoms with Crippen LogP contribution in [-0.2, 0) is 23.9 Å². The fourth-order valence-corrected chi connectivity index (χ4v) is 5.56. The summed E-state index contributed by atoms with van der Waals surface area (Å²) in [5.74, 6) is -0.493. The van der Waals surface area contributed by atoms with Crippen LogP contribution in [0.4, 0.5) is 28.3 Å². The lowest BCUT2D eigenvalue weighted by Crippen LogP contribution is -2.50. The average molecular weight is 551 g/mol. The minimum Gasteiger partial charge on any atom is -0.381 e. The number of nitrogens with zero attached hydrogens (tertiary/aromatic N) is 3. The van der Waals surface area contributed by atoms with Crippen molar-refractivity contribution >= 4 is 12.0 Å². The molecule has 12 heteroatoms. The Balaban J connectivity index is 1.33. The van der Waals surface area contributed by atoms with E-state index in [1.165, 1.54) is 0 Å². The third kappa shape index (κ3) is 6.43. The highest BCUT2D eigenvalue weighted by Crippen LogP contribution is 2.35. The van der Waals surface area contributed by atoms with Gasteiger partial charge in [-0.15, -0.1) is 0 Å². The number of carbonyl (C=O) groups is 1. The number of rotatable bonds is 5. The van der Waals surface area contributed by atoms with Crippen molar-refractivity contribution < 1.29 is 27.1 Å². The van der Waals surface area contributed by atoms with Crippen molar-refractivity contribution in [3.8, 4) is 0 Å². The molecule has 1 aromatic carbocycles. The summed E-state index contributed by atoms with van der Waals surface area (Å²) in [5.41, 5.74) is 0.407. The SMILES string of the molecule is CC1(C)CCC([C@@H](NC(=O)N2CCc3cnc(NC4CCOCC4)nc3C2)c2ccc(C(F)(F)F)cc2F)N1. The lowest BCUT2D eigenvalue weighted by atomic mass is 9.96. The zero-order valence-corrected chi connectivity index (χ0v) is 22.1. The Bertz CT molecular complexity index is 1200. The molecule has 39 heavy (non-hydrogen) atoms. The number of aromatic nitrogens is 2. The molecule has 2 saturated heterocycles. The topological polar surface area (TPSA) is 91.4 Å². The average Bonchev–Trinajstić information content (AvgIpc) is 3.26. The van der Waals surface area contributed by atoms with Gasteiger partial charge in [-0.05, 0) is 63.6 Å². The second kappa shape index (κ2) is 10.9. The van der Waals surface area contributed by atoms with Crippen LogP contribution in [0.1, 0.15) is 68.0 Å². The highest BCUT2D eigenvalue weighted by molar-refractivity contribution is 5.75. The molecule has 0 bridgehead atoms. The van der Waals surface area contributed by atoms with E-state index in [1.54, 1.807) is 11.1 Å². The van der Waals surface area contributed by atoms with Gasteiger partial charge < -0.3 is 25.6 Å². The first-order valence-corrected chi connectivity index (χ1v) is 13.4. The Hall–Kier alpha value is -2.99. The molecule has 0 spiro atoms. The number of benzene rings is 1. The number of halogens is 4. The Morgan fingerprint density at radius 3 is 2.67 bits per heavy atom. The van der Waals surface area contributed by atoms with E-state index in [0.717, 1.165) is 42.7 Å². The molecule has 3 N–H and O–H groups in total. The van der Waals surface area contributed by atoms with Gasteiger partial charge in [0.05, 0.1) is 23.8 Å². The van der Waals surface area contributed by atoms with Gasteiger partial charge in [0, 0.05) is 49.1 Å². The van der Waals surface area contributed by atoms with E-state index in [4.69, 9.17) is 4.74 Å². The van der Waals surface area contributed by atoms with Crippen LogP contribution in [0.5, 0.6) is 0 Å². The summed E-state index contributed by atoms with van der Waals surface area (Å²) in [5, 5.41) is 9.68. The minimum atomic E-state index is -4.66. The number of hydrogen-bond acceptors (Lipinski definition) is 6. The Morgan fingerprint density at radius 2 is 2.00 bits per heavy atom. The van der Waals surface area contributed by atoms with Crippen LogP contribution in [0.2, 0.25) is 0 Å². The maximum Gasteiger partial charge on any atom is 0.416 e. The molecular weight excluding hydrogens is 516 g/mol. The molecule has 0 aliphatic carbocycles. The number of nitrogens with one attached hydrogen (secondary N) is 3. The molecule has 3 aliphatic rings. The number of anilines is 1. The van der Waals surface area contributed by atoms with Gasteiger partial charge in [-0.2, -0.15) is 13.2 Å². The molecule has 0 radical (unpaired) electrons. The van der Waals surface area contributed by atoms with E-state index in [2.05, 4.69) is 25.9 Å². The van der Waals surface area contributed by atoms with E-state index >= 15 is 4.39 Å². The quantitative estimate of drug-likeness (QED) is 0.473. The maximum absolute atomic E-state index is 15.1. The van der Waals surface area contributed by atoms with Crippen molar-refractivity contribution in [2.45, 2.75) is 82.3 Å². The predicted octanol–water partition coefficient (Wildman–Crippen LogP) is 4.57. The zero-order valence-electron chi connectivity index (χ0n) is 22.1. The van der Waals surface area contributed by atoms with Gasteiger partial charge in [0.25, 0.3) is 0 Å². The lowest BCUT2D eigenvalue weighted by Gasteiger charge is -2.33. The van der Waals surface area contributed by atoms with Gasteiger partial charge in [-0.3, -0.25) is 0 Å². The molecule has 3 aliphatic heterocycles. The summed E-state index contributed by atoms with van der Waals surface area (Å²) in [6.07, 6.45) is 0.830. The Labute approximate surface area is 224 Å². The van der Waals surface area contributed by atoms with Crippen molar-refractivity contribution in [3.63, 3.8) is 0 Å². The number of alkyl halides is 3. The molecule has 0 saturated carbocycles. The van der Waals surface area contributed by atoms with Crippen molar-refractivity contribution in [3.05, 3.63) is 52.6 Å². The zero-order chi connectivity index (χ0) is 27.8. The summed E-state index contributed by atoms with van der Waals surface area (Å²) >= 11 is 0. The maximum atomic E-state index is 15.1. The molecule has 2 amide bonds. The van der Waals surface area contributed by atoms with Crippen LogP contribution in [0, 0.1) is 5.82 Å². The summed E-state index contributed by atoms with van der Waals surface area (Å²) in [4.78, 5) is 24.1. The third-order valence-electron chi connectivity index (χ3n) is 7.79.